The highest BCUT2D eigenvalue weighted by atomic mass is 16.3. The van der Waals surface area contributed by atoms with Crippen molar-refractivity contribution in [1.82, 2.24) is 14.5 Å². The van der Waals surface area contributed by atoms with Crippen LogP contribution in [0.3, 0.4) is 0 Å². The van der Waals surface area contributed by atoms with E-state index in [1.54, 1.807) is 12.5 Å². The maximum absolute atomic E-state index is 9.47. The van der Waals surface area contributed by atoms with Crippen LogP contribution in [0, 0.1) is 0 Å². The zero-order valence-electron chi connectivity index (χ0n) is 11.0. The second kappa shape index (κ2) is 5.71. The molecule has 0 unspecified atom stereocenters. The van der Waals surface area contributed by atoms with Crippen molar-refractivity contribution in [2.75, 3.05) is 11.9 Å². The Morgan fingerprint density at radius 1 is 1.25 bits per heavy atom. The number of imidazole rings is 1. The molecule has 0 aliphatic carbocycles. The van der Waals surface area contributed by atoms with Crippen LogP contribution in [0.1, 0.15) is 5.56 Å². The molecule has 0 aliphatic heterocycles. The third-order valence-corrected chi connectivity index (χ3v) is 3.19. The van der Waals surface area contributed by atoms with Gasteiger partial charge in [0.05, 0.1) is 18.5 Å². The van der Waals surface area contributed by atoms with Crippen LogP contribution in [-0.2, 0) is 13.2 Å². The zero-order chi connectivity index (χ0) is 13.8. The molecule has 3 aromatic rings. The summed E-state index contributed by atoms with van der Waals surface area (Å²) in [6.07, 6.45) is 5.46. The van der Waals surface area contributed by atoms with Gasteiger partial charge in [-0.15, -0.1) is 0 Å². The first kappa shape index (κ1) is 12.6. The molecule has 0 fully saturated rings. The molecule has 0 spiro atoms. The Hall–Kier alpha value is -2.40. The maximum atomic E-state index is 9.47. The summed E-state index contributed by atoms with van der Waals surface area (Å²) in [5.74, 6) is 0.742. The molecule has 2 aromatic heterocycles. The van der Waals surface area contributed by atoms with Crippen molar-refractivity contribution in [1.29, 1.82) is 0 Å². The van der Waals surface area contributed by atoms with Gasteiger partial charge in [-0.1, -0.05) is 18.2 Å². The van der Waals surface area contributed by atoms with E-state index in [4.69, 9.17) is 0 Å². The van der Waals surface area contributed by atoms with Crippen molar-refractivity contribution in [2.45, 2.75) is 13.2 Å². The molecule has 2 N–H and O–H groups in total. The topological polar surface area (TPSA) is 63.0 Å². The van der Waals surface area contributed by atoms with Gasteiger partial charge < -0.3 is 15.0 Å². The van der Waals surface area contributed by atoms with E-state index in [1.807, 2.05) is 41.1 Å². The predicted octanol–water partition coefficient (Wildman–Crippen LogP) is 2.04. The molecule has 1 aromatic carbocycles. The monoisotopic (exact) mass is 268 g/mol. The van der Waals surface area contributed by atoms with Crippen LogP contribution in [0.25, 0.3) is 10.9 Å². The van der Waals surface area contributed by atoms with Gasteiger partial charge in [-0.2, -0.15) is 0 Å². The molecular formula is C15H16N4O. The minimum absolute atomic E-state index is 0.0226. The molecule has 102 valence electrons. The van der Waals surface area contributed by atoms with E-state index in [0.717, 1.165) is 35.4 Å². The van der Waals surface area contributed by atoms with E-state index in [1.165, 1.54) is 0 Å². The number of nitrogens with zero attached hydrogens (tertiary/aromatic N) is 3. The fraction of sp³-hybridized carbons (Fsp3) is 0.200. The van der Waals surface area contributed by atoms with E-state index in [0.29, 0.717) is 0 Å². The Morgan fingerprint density at radius 2 is 2.15 bits per heavy atom. The number of hydrogen-bond donors (Lipinski definition) is 2. The van der Waals surface area contributed by atoms with Gasteiger partial charge in [-0.25, -0.2) is 9.97 Å². The number of benzene rings is 1. The largest absolute Gasteiger partial charge is 0.392 e. The van der Waals surface area contributed by atoms with E-state index >= 15 is 0 Å². The average Bonchev–Trinajstić information content (AvgIpc) is 3.00. The summed E-state index contributed by atoms with van der Waals surface area (Å²) in [4.78, 5) is 8.57. The highest BCUT2D eigenvalue weighted by Crippen LogP contribution is 2.20. The van der Waals surface area contributed by atoms with E-state index in [2.05, 4.69) is 15.3 Å². The summed E-state index contributed by atoms with van der Waals surface area (Å²) in [7, 11) is 0. The molecule has 3 rings (SSSR count). The fourth-order valence-corrected chi connectivity index (χ4v) is 2.16. The zero-order valence-corrected chi connectivity index (χ0v) is 11.0. The number of aromatic nitrogens is 3. The average molecular weight is 268 g/mol. The fourth-order valence-electron chi connectivity index (χ4n) is 2.16. The highest BCUT2D eigenvalue weighted by molar-refractivity contribution is 5.81. The summed E-state index contributed by atoms with van der Waals surface area (Å²) in [5.41, 5.74) is 1.74. The summed E-state index contributed by atoms with van der Waals surface area (Å²) in [6.45, 7) is 1.51. The van der Waals surface area contributed by atoms with E-state index < -0.39 is 0 Å². The highest BCUT2D eigenvalue weighted by Gasteiger charge is 2.05. The molecular weight excluding hydrogens is 252 g/mol. The third kappa shape index (κ3) is 2.62. The Morgan fingerprint density at radius 3 is 2.95 bits per heavy atom. The smallest absolute Gasteiger partial charge is 0.132 e. The lowest BCUT2D eigenvalue weighted by molar-refractivity contribution is 0.282. The first-order valence-electron chi connectivity index (χ1n) is 6.56. The second-order valence-corrected chi connectivity index (χ2v) is 4.57. The van der Waals surface area contributed by atoms with Gasteiger partial charge >= 0.3 is 0 Å². The van der Waals surface area contributed by atoms with Crippen molar-refractivity contribution in [3.63, 3.8) is 0 Å². The molecule has 0 saturated carbocycles. The molecule has 0 atom stereocenters. The Kier molecular flexibility index (Phi) is 3.60. The van der Waals surface area contributed by atoms with Crippen molar-refractivity contribution in [3.05, 3.63) is 54.6 Å². The predicted molar refractivity (Wildman–Crippen MR) is 78.4 cm³/mol. The maximum Gasteiger partial charge on any atom is 0.132 e. The number of nitrogens with one attached hydrogen (secondary N) is 1. The summed E-state index contributed by atoms with van der Waals surface area (Å²) < 4.78 is 1.99. The summed E-state index contributed by atoms with van der Waals surface area (Å²) in [5, 5.41) is 13.8. The number of aliphatic hydroxyl groups excluding tert-OH is 1. The van der Waals surface area contributed by atoms with Gasteiger partial charge in [-0.3, -0.25) is 0 Å². The molecule has 2 heterocycles. The van der Waals surface area contributed by atoms with Crippen LogP contribution in [0.5, 0.6) is 0 Å². The van der Waals surface area contributed by atoms with Gasteiger partial charge in [0.25, 0.3) is 0 Å². The van der Waals surface area contributed by atoms with Crippen LogP contribution >= 0.6 is 0 Å². The van der Waals surface area contributed by atoms with Gasteiger partial charge in [-0.05, 0) is 12.1 Å². The first-order valence-corrected chi connectivity index (χ1v) is 6.56. The van der Waals surface area contributed by atoms with E-state index in [9.17, 15) is 5.11 Å². The first-order chi connectivity index (χ1) is 9.86. The second-order valence-electron chi connectivity index (χ2n) is 4.57. The Balaban J connectivity index is 1.78. The van der Waals surface area contributed by atoms with Gasteiger partial charge in [0.15, 0.2) is 0 Å². The molecule has 20 heavy (non-hydrogen) atoms. The van der Waals surface area contributed by atoms with Gasteiger partial charge in [0, 0.05) is 36.4 Å². The summed E-state index contributed by atoms with van der Waals surface area (Å²) in [6, 6.07) is 9.87. The molecule has 0 amide bonds. The standard InChI is InChI=1S/C15H16N4O/c20-10-13-9-12-3-1-2-4-14(12)18-15(13)17-6-8-19-7-5-16-11-19/h1-5,7,9,11,20H,6,8,10H2,(H,17,18). The van der Waals surface area contributed by atoms with Crippen LogP contribution in [0.15, 0.2) is 49.1 Å². The molecule has 0 saturated heterocycles. The molecule has 0 radical (unpaired) electrons. The number of pyridine rings is 1. The van der Waals surface area contributed by atoms with Crippen molar-refractivity contribution in [2.24, 2.45) is 0 Å². The lowest BCUT2D eigenvalue weighted by atomic mass is 10.1. The number of para-hydroxylation sites is 1. The van der Waals surface area contributed by atoms with Crippen LogP contribution in [-0.4, -0.2) is 26.2 Å². The van der Waals surface area contributed by atoms with E-state index in [-0.39, 0.29) is 6.61 Å². The van der Waals surface area contributed by atoms with Crippen molar-refractivity contribution in [3.8, 4) is 0 Å². The number of rotatable bonds is 5. The third-order valence-electron chi connectivity index (χ3n) is 3.19. The number of anilines is 1. The number of aliphatic hydroxyl groups is 1. The Labute approximate surface area is 116 Å². The van der Waals surface area contributed by atoms with Gasteiger partial charge in [0.2, 0.25) is 0 Å². The lowest BCUT2D eigenvalue weighted by Crippen LogP contribution is -2.12. The molecule has 0 aliphatic rings. The minimum Gasteiger partial charge on any atom is -0.392 e. The van der Waals surface area contributed by atoms with Gasteiger partial charge in [0.1, 0.15) is 5.82 Å². The van der Waals surface area contributed by atoms with Crippen molar-refractivity contribution >= 4 is 16.7 Å². The molecule has 5 nitrogen and oxygen atoms in total. The van der Waals surface area contributed by atoms with Crippen molar-refractivity contribution < 1.29 is 5.11 Å². The number of hydrogen-bond acceptors (Lipinski definition) is 4. The SMILES string of the molecule is OCc1cc2ccccc2nc1NCCn1ccnc1. The van der Waals surface area contributed by atoms with Crippen LogP contribution < -0.4 is 5.32 Å². The van der Waals surface area contributed by atoms with Crippen LogP contribution in [0.4, 0.5) is 5.82 Å². The van der Waals surface area contributed by atoms with Crippen LogP contribution in [0.2, 0.25) is 0 Å². The molecule has 5 heteroatoms. The lowest BCUT2D eigenvalue weighted by Gasteiger charge is -2.11. The molecule has 0 bridgehead atoms. The quantitative estimate of drug-likeness (QED) is 0.743. The normalized spacial score (nSPS) is 10.8. The Bertz CT molecular complexity index is 694. The number of fused-ring (bicyclic) bond motifs is 1. The summed E-state index contributed by atoms with van der Waals surface area (Å²) >= 11 is 0. The minimum atomic E-state index is -0.0226.